The van der Waals surface area contributed by atoms with Gasteiger partial charge >= 0.3 is 0 Å². The average molecular weight is 250 g/mol. The molecule has 4 nitrogen and oxygen atoms in total. The van der Waals surface area contributed by atoms with Crippen molar-refractivity contribution in [2.24, 2.45) is 5.92 Å². The van der Waals surface area contributed by atoms with Gasteiger partial charge in [-0.05, 0) is 23.8 Å². The first-order valence-electron chi connectivity index (χ1n) is 5.79. The number of aromatic nitrogens is 2. The molecule has 0 fully saturated rings. The van der Waals surface area contributed by atoms with Crippen LogP contribution in [0, 0.1) is 5.92 Å². The fourth-order valence-corrected chi connectivity index (χ4v) is 2.47. The quantitative estimate of drug-likeness (QED) is 0.906. The Morgan fingerprint density at radius 1 is 1.41 bits per heavy atom. The standard InChI is InChI=1S/C12H18N4S/c1-8(2)4-6-16(3)10-9-5-7-17-11(9)15-12(13)14-10/h5,7-8H,4,6H2,1-3H3,(H2,13,14,15). The normalized spacial score (nSPS) is 11.3. The molecule has 0 atom stereocenters. The highest BCUT2D eigenvalue weighted by molar-refractivity contribution is 7.16. The molecule has 2 N–H and O–H groups in total. The molecule has 0 saturated carbocycles. The van der Waals surface area contributed by atoms with E-state index in [1.165, 1.54) is 0 Å². The van der Waals surface area contributed by atoms with Gasteiger partial charge in [0.2, 0.25) is 5.95 Å². The molecule has 0 spiro atoms. The van der Waals surface area contributed by atoms with E-state index in [0.29, 0.717) is 11.9 Å². The molecule has 2 aromatic heterocycles. The highest BCUT2D eigenvalue weighted by atomic mass is 32.1. The van der Waals surface area contributed by atoms with E-state index in [4.69, 9.17) is 5.73 Å². The lowest BCUT2D eigenvalue weighted by molar-refractivity contribution is 0.584. The van der Waals surface area contributed by atoms with Crippen LogP contribution in [0.2, 0.25) is 0 Å². The number of nitrogens with two attached hydrogens (primary N) is 1. The van der Waals surface area contributed by atoms with E-state index in [2.05, 4.69) is 41.8 Å². The van der Waals surface area contributed by atoms with Crippen LogP contribution in [-0.2, 0) is 0 Å². The largest absolute Gasteiger partial charge is 0.368 e. The van der Waals surface area contributed by atoms with Crippen molar-refractivity contribution in [2.75, 3.05) is 24.2 Å². The minimum atomic E-state index is 0.353. The van der Waals surface area contributed by atoms with Crippen LogP contribution in [-0.4, -0.2) is 23.6 Å². The SMILES string of the molecule is CC(C)CCN(C)c1nc(N)nc2sccc12. The maximum absolute atomic E-state index is 5.74. The average Bonchev–Trinajstić information content (AvgIpc) is 2.72. The number of fused-ring (bicyclic) bond motifs is 1. The van der Waals surface area contributed by atoms with Crippen molar-refractivity contribution in [3.05, 3.63) is 11.4 Å². The van der Waals surface area contributed by atoms with Crippen molar-refractivity contribution in [2.45, 2.75) is 20.3 Å². The zero-order chi connectivity index (χ0) is 12.4. The molecule has 2 aromatic rings. The first-order valence-corrected chi connectivity index (χ1v) is 6.67. The lowest BCUT2D eigenvalue weighted by Crippen LogP contribution is -2.21. The number of nitrogens with zero attached hydrogens (tertiary/aromatic N) is 3. The van der Waals surface area contributed by atoms with Crippen LogP contribution >= 0.6 is 11.3 Å². The van der Waals surface area contributed by atoms with E-state index in [1.807, 2.05) is 5.38 Å². The van der Waals surface area contributed by atoms with Crippen LogP contribution in [0.15, 0.2) is 11.4 Å². The van der Waals surface area contributed by atoms with Crippen molar-refractivity contribution in [3.63, 3.8) is 0 Å². The summed E-state index contributed by atoms with van der Waals surface area (Å²) in [5.74, 6) is 1.98. The van der Waals surface area contributed by atoms with E-state index in [9.17, 15) is 0 Å². The Hall–Kier alpha value is -1.36. The number of nitrogen functional groups attached to an aromatic ring is 1. The van der Waals surface area contributed by atoms with Crippen molar-refractivity contribution in [1.82, 2.24) is 9.97 Å². The van der Waals surface area contributed by atoms with Gasteiger partial charge in [-0.1, -0.05) is 13.8 Å². The summed E-state index contributed by atoms with van der Waals surface area (Å²) in [7, 11) is 2.06. The monoisotopic (exact) mass is 250 g/mol. The van der Waals surface area contributed by atoms with Gasteiger partial charge < -0.3 is 10.6 Å². The van der Waals surface area contributed by atoms with E-state index >= 15 is 0 Å². The van der Waals surface area contributed by atoms with Gasteiger partial charge in [0, 0.05) is 13.6 Å². The lowest BCUT2D eigenvalue weighted by atomic mass is 10.1. The first-order chi connectivity index (χ1) is 8.08. The second kappa shape index (κ2) is 4.87. The summed E-state index contributed by atoms with van der Waals surface area (Å²) in [4.78, 5) is 11.7. The molecule has 5 heteroatoms. The van der Waals surface area contributed by atoms with Crippen LogP contribution in [0.5, 0.6) is 0 Å². The molecule has 0 bridgehead atoms. The van der Waals surface area contributed by atoms with E-state index in [0.717, 1.165) is 29.0 Å². The molecule has 2 heterocycles. The van der Waals surface area contributed by atoms with Gasteiger partial charge in [-0.3, -0.25) is 0 Å². The second-order valence-electron chi connectivity index (χ2n) is 4.65. The van der Waals surface area contributed by atoms with Crippen LogP contribution in [0.1, 0.15) is 20.3 Å². The zero-order valence-electron chi connectivity index (χ0n) is 10.5. The minimum absolute atomic E-state index is 0.353. The van der Waals surface area contributed by atoms with Crippen molar-refractivity contribution < 1.29 is 0 Å². The van der Waals surface area contributed by atoms with Gasteiger partial charge in [-0.25, -0.2) is 4.98 Å². The van der Waals surface area contributed by atoms with Crippen LogP contribution in [0.25, 0.3) is 10.2 Å². The summed E-state index contributed by atoms with van der Waals surface area (Å²) in [6.45, 7) is 5.43. The Bertz CT molecular complexity index is 506. The second-order valence-corrected chi connectivity index (χ2v) is 5.54. The molecule has 17 heavy (non-hydrogen) atoms. The van der Waals surface area contributed by atoms with E-state index < -0.39 is 0 Å². The van der Waals surface area contributed by atoms with Crippen molar-refractivity contribution in [3.8, 4) is 0 Å². The van der Waals surface area contributed by atoms with Crippen LogP contribution < -0.4 is 10.6 Å². The number of anilines is 2. The Morgan fingerprint density at radius 2 is 2.18 bits per heavy atom. The summed E-state index contributed by atoms with van der Waals surface area (Å²) in [6.07, 6.45) is 1.14. The van der Waals surface area contributed by atoms with Gasteiger partial charge in [0.25, 0.3) is 0 Å². The maximum Gasteiger partial charge on any atom is 0.223 e. The summed E-state index contributed by atoms with van der Waals surface area (Å²) in [6, 6.07) is 2.06. The maximum atomic E-state index is 5.74. The van der Waals surface area contributed by atoms with Crippen LogP contribution in [0.3, 0.4) is 0 Å². The fraction of sp³-hybridized carbons (Fsp3) is 0.500. The molecule has 0 aliphatic heterocycles. The highest BCUT2D eigenvalue weighted by Gasteiger charge is 2.11. The van der Waals surface area contributed by atoms with Gasteiger partial charge in [-0.2, -0.15) is 4.98 Å². The third kappa shape index (κ3) is 2.66. The number of rotatable bonds is 4. The topological polar surface area (TPSA) is 55.0 Å². The third-order valence-electron chi connectivity index (χ3n) is 2.73. The van der Waals surface area contributed by atoms with Crippen LogP contribution in [0.4, 0.5) is 11.8 Å². The number of hydrogen-bond donors (Lipinski definition) is 1. The number of thiophene rings is 1. The van der Waals surface area contributed by atoms with Crippen molar-refractivity contribution >= 4 is 33.3 Å². The third-order valence-corrected chi connectivity index (χ3v) is 3.53. The van der Waals surface area contributed by atoms with Gasteiger partial charge in [0.15, 0.2) is 0 Å². The predicted octanol–water partition coefficient (Wildman–Crippen LogP) is 2.76. The zero-order valence-corrected chi connectivity index (χ0v) is 11.3. The summed E-state index contributed by atoms with van der Waals surface area (Å²) in [5, 5.41) is 3.12. The molecule has 0 aromatic carbocycles. The molecule has 0 aliphatic carbocycles. The minimum Gasteiger partial charge on any atom is -0.368 e. The molecule has 0 radical (unpaired) electrons. The van der Waals surface area contributed by atoms with E-state index in [1.54, 1.807) is 11.3 Å². The van der Waals surface area contributed by atoms with Crippen molar-refractivity contribution in [1.29, 1.82) is 0 Å². The fourth-order valence-electron chi connectivity index (χ4n) is 1.70. The molecular formula is C12H18N4S. The molecule has 0 amide bonds. The van der Waals surface area contributed by atoms with Gasteiger partial charge in [0.1, 0.15) is 10.6 Å². The Labute approximate surface area is 105 Å². The summed E-state index contributed by atoms with van der Waals surface area (Å²) >= 11 is 1.60. The van der Waals surface area contributed by atoms with Gasteiger partial charge in [0.05, 0.1) is 5.39 Å². The molecule has 92 valence electrons. The van der Waals surface area contributed by atoms with Gasteiger partial charge in [-0.15, -0.1) is 11.3 Å². The molecule has 0 aliphatic rings. The Balaban J connectivity index is 2.30. The number of hydrogen-bond acceptors (Lipinski definition) is 5. The lowest BCUT2D eigenvalue weighted by Gasteiger charge is -2.20. The molecule has 2 rings (SSSR count). The highest BCUT2D eigenvalue weighted by Crippen LogP contribution is 2.28. The summed E-state index contributed by atoms with van der Waals surface area (Å²) in [5.41, 5.74) is 5.74. The smallest absolute Gasteiger partial charge is 0.223 e. The summed E-state index contributed by atoms with van der Waals surface area (Å²) < 4.78 is 0. The Morgan fingerprint density at radius 3 is 2.88 bits per heavy atom. The van der Waals surface area contributed by atoms with E-state index in [-0.39, 0.29) is 0 Å². The molecular weight excluding hydrogens is 232 g/mol. The molecule has 0 unspecified atom stereocenters. The first kappa shape index (κ1) is 12.1. The predicted molar refractivity (Wildman–Crippen MR) is 74.6 cm³/mol. The molecule has 0 saturated heterocycles. The Kier molecular flexibility index (Phi) is 3.47.